The van der Waals surface area contributed by atoms with E-state index in [0.717, 1.165) is 45.1 Å². The van der Waals surface area contributed by atoms with Gasteiger partial charge >= 0.3 is 8.80 Å². The lowest BCUT2D eigenvalue weighted by Gasteiger charge is -2.28. The van der Waals surface area contributed by atoms with E-state index in [2.05, 4.69) is 6.92 Å². The molecule has 6 heteroatoms. The zero-order valence-electron chi connectivity index (χ0n) is 14.8. The van der Waals surface area contributed by atoms with Gasteiger partial charge in [-0.1, -0.05) is 13.3 Å². The van der Waals surface area contributed by atoms with Crippen molar-refractivity contribution in [3.8, 4) is 0 Å². The smallest absolute Gasteiger partial charge is 0.381 e. The fourth-order valence-corrected chi connectivity index (χ4v) is 5.15. The van der Waals surface area contributed by atoms with Crippen LogP contribution in [0, 0.1) is 5.92 Å². The first-order valence-electron chi connectivity index (χ1n) is 8.80. The van der Waals surface area contributed by atoms with Crippen molar-refractivity contribution in [2.24, 2.45) is 5.92 Å². The fraction of sp³-hybridized carbons (Fsp3) is 1.00. The Morgan fingerprint density at radius 3 is 2.09 bits per heavy atom. The predicted octanol–water partition coefficient (Wildman–Crippen LogP) is 3.26. The van der Waals surface area contributed by atoms with Gasteiger partial charge in [-0.3, -0.25) is 0 Å². The maximum absolute atomic E-state index is 5.85. The minimum absolute atomic E-state index is 0.488. The Hall–Kier alpha value is 0.0169. The van der Waals surface area contributed by atoms with Crippen LogP contribution in [0.25, 0.3) is 0 Å². The van der Waals surface area contributed by atoms with Crippen LogP contribution in [0.5, 0.6) is 0 Å². The van der Waals surface area contributed by atoms with E-state index in [1.54, 1.807) is 0 Å². The van der Waals surface area contributed by atoms with Crippen LogP contribution in [-0.4, -0.2) is 54.5 Å². The summed E-state index contributed by atoms with van der Waals surface area (Å²) in [5.41, 5.74) is 0. The molecule has 1 saturated heterocycles. The molecule has 22 heavy (non-hydrogen) atoms. The summed E-state index contributed by atoms with van der Waals surface area (Å²) < 4.78 is 28.7. The zero-order chi connectivity index (χ0) is 16.3. The molecule has 1 fully saturated rings. The molecule has 0 aromatic heterocycles. The largest absolute Gasteiger partial charge is 0.501 e. The third-order valence-electron chi connectivity index (χ3n) is 3.79. The van der Waals surface area contributed by atoms with Crippen molar-refractivity contribution in [1.29, 1.82) is 0 Å². The van der Waals surface area contributed by atoms with Crippen LogP contribution in [0.1, 0.15) is 47.0 Å². The molecule has 132 valence electrons. The van der Waals surface area contributed by atoms with Crippen LogP contribution in [0.4, 0.5) is 0 Å². The van der Waals surface area contributed by atoms with Crippen LogP contribution in [0.15, 0.2) is 0 Å². The summed E-state index contributed by atoms with van der Waals surface area (Å²) in [6.07, 6.45) is 3.69. The highest BCUT2D eigenvalue weighted by Gasteiger charge is 2.39. The summed E-state index contributed by atoms with van der Waals surface area (Å²) in [7, 11) is -2.50. The minimum atomic E-state index is -2.50. The molecule has 0 aromatic rings. The topological polar surface area (TPSA) is 49.5 Å². The predicted molar refractivity (Wildman–Crippen MR) is 89.0 cm³/mol. The summed E-state index contributed by atoms with van der Waals surface area (Å²) in [4.78, 5) is 0. The van der Waals surface area contributed by atoms with Gasteiger partial charge in [0.1, 0.15) is 0 Å². The molecule has 0 N–H and O–H groups in total. The van der Waals surface area contributed by atoms with Crippen molar-refractivity contribution in [2.45, 2.75) is 59.1 Å². The number of rotatable bonds is 15. The first-order valence-corrected chi connectivity index (χ1v) is 10.7. The zero-order valence-corrected chi connectivity index (χ0v) is 15.8. The highest BCUT2D eigenvalue weighted by molar-refractivity contribution is 6.60. The van der Waals surface area contributed by atoms with Gasteiger partial charge in [-0.25, -0.2) is 0 Å². The van der Waals surface area contributed by atoms with Crippen LogP contribution in [-0.2, 0) is 22.8 Å². The number of ether oxygens (including phenoxy) is 2. The lowest BCUT2D eigenvalue weighted by molar-refractivity contribution is 0.0613. The van der Waals surface area contributed by atoms with Gasteiger partial charge in [0.25, 0.3) is 0 Å². The maximum Gasteiger partial charge on any atom is 0.501 e. The van der Waals surface area contributed by atoms with Crippen molar-refractivity contribution < 1.29 is 22.8 Å². The van der Waals surface area contributed by atoms with Crippen LogP contribution in [0.3, 0.4) is 0 Å². The van der Waals surface area contributed by atoms with Crippen LogP contribution < -0.4 is 0 Å². The Morgan fingerprint density at radius 1 is 1.05 bits per heavy atom. The van der Waals surface area contributed by atoms with E-state index in [0.29, 0.717) is 31.8 Å². The fourth-order valence-electron chi connectivity index (χ4n) is 2.57. The Balaban J connectivity index is 2.22. The van der Waals surface area contributed by atoms with E-state index in [-0.39, 0.29) is 0 Å². The molecule has 5 nitrogen and oxygen atoms in total. The molecule has 1 aliphatic rings. The molecule has 1 rings (SSSR count). The second-order valence-electron chi connectivity index (χ2n) is 5.63. The first kappa shape index (κ1) is 20.1. The van der Waals surface area contributed by atoms with E-state index in [1.807, 2.05) is 20.8 Å². The lowest BCUT2D eigenvalue weighted by Crippen LogP contribution is -2.46. The standard InChI is InChI=1S/C16H34O5Si/c1-5-15(12-16-14-18-16)13-17-10-9-11-22(19-6-2,20-7-3)21-8-4/h15-16H,5-14H2,1-4H3. The molecule has 2 atom stereocenters. The highest BCUT2D eigenvalue weighted by atomic mass is 28.4. The van der Waals surface area contributed by atoms with Crippen molar-refractivity contribution in [1.82, 2.24) is 0 Å². The summed E-state index contributed by atoms with van der Waals surface area (Å²) in [5, 5.41) is 0. The lowest BCUT2D eigenvalue weighted by atomic mass is 10.0. The van der Waals surface area contributed by atoms with Gasteiger partial charge in [-0.05, 0) is 39.5 Å². The molecule has 0 bridgehead atoms. The van der Waals surface area contributed by atoms with E-state index < -0.39 is 8.80 Å². The average molecular weight is 335 g/mol. The summed E-state index contributed by atoms with van der Waals surface area (Å²) in [5.74, 6) is 0.611. The molecular weight excluding hydrogens is 300 g/mol. The minimum Gasteiger partial charge on any atom is -0.381 e. The van der Waals surface area contributed by atoms with E-state index >= 15 is 0 Å². The molecule has 0 amide bonds. The van der Waals surface area contributed by atoms with Crippen molar-refractivity contribution >= 4 is 8.80 Å². The van der Waals surface area contributed by atoms with Crippen molar-refractivity contribution in [3.05, 3.63) is 0 Å². The van der Waals surface area contributed by atoms with E-state index in [9.17, 15) is 0 Å². The van der Waals surface area contributed by atoms with Crippen molar-refractivity contribution in [2.75, 3.05) is 39.6 Å². The Kier molecular flexibility index (Phi) is 10.5. The van der Waals surface area contributed by atoms with Gasteiger partial charge in [0, 0.05) is 39.1 Å². The van der Waals surface area contributed by atoms with E-state index in [1.165, 1.54) is 0 Å². The molecule has 0 aliphatic carbocycles. The van der Waals surface area contributed by atoms with Crippen LogP contribution in [0.2, 0.25) is 6.04 Å². The Labute approximate surface area is 137 Å². The van der Waals surface area contributed by atoms with Gasteiger partial charge in [-0.15, -0.1) is 0 Å². The second-order valence-corrected chi connectivity index (χ2v) is 8.36. The van der Waals surface area contributed by atoms with Gasteiger partial charge < -0.3 is 22.8 Å². The molecule has 0 radical (unpaired) electrons. The van der Waals surface area contributed by atoms with Gasteiger partial charge in [-0.2, -0.15) is 0 Å². The maximum atomic E-state index is 5.85. The molecule has 1 aliphatic heterocycles. The van der Waals surface area contributed by atoms with Gasteiger partial charge in [0.05, 0.1) is 12.7 Å². The molecule has 2 unspecified atom stereocenters. The van der Waals surface area contributed by atoms with Gasteiger partial charge in [0.15, 0.2) is 0 Å². The summed E-state index contributed by atoms with van der Waals surface area (Å²) in [6.45, 7) is 12.6. The normalized spacial score (nSPS) is 19.4. The SMILES string of the molecule is CCO[Si](CCCOCC(CC)CC1CO1)(OCC)OCC. The third kappa shape index (κ3) is 8.03. The molecule has 0 spiro atoms. The van der Waals surface area contributed by atoms with Crippen LogP contribution >= 0.6 is 0 Å². The number of hydrogen-bond donors (Lipinski definition) is 0. The Morgan fingerprint density at radius 2 is 1.64 bits per heavy atom. The second kappa shape index (κ2) is 11.5. The quantitative estimate of drug-likeness (QED) is 0.261. The van der Waals surface area contributed by atoms with Crippen molar-refractivity contribution in [3.63, 3.8) is 0 Å². The highest BCUT2D eigenvalue weighted by Crippen LogP contribution is 2.22. The molecule has 1 heterocycles. The molecule has 0 aromatic carbocycles. The molecule has 0 saturated carbocycles. The Bertz CT molecular complexity index is 256. The number of epoxide rings is 1. The van der Waals surface area contributed by atoms with E-state index in [4.69, 9.17) is 22.8 Å². The molecular formula is C16H34O5Si. The third-order valence-corrected chi connectivity index (χ3v) is 6.95. The first-order chi connectivity index (χ1) is 10.7. The van der Waals surface area contributed by atoms with Gasteiger partial charge in [0.2, 0.25) is 0 Å². The summed E-state index contributed by atoms with van der Waals surface area (Å²) in [6, 6.07) is 0.824. The monoisotopic (exact) mass is 334 g/mol. The average Bonchev–Trinajstić information content (AvgIpc) is 3.30. The summed E-state index contributed by atoms with van der Waals surface area (Å²) >= 11 is 0. The number of hydrogen-bond acceptors (Lipinski definition) is 5.